The zero-order valence-corrected chi connectivity index (χ0v) is 13.3. The highest BCUT2D eigenvalue weighted by Crippen LogP contribution is 2.19. The lowest BCUT2D eigenvalue weighted by Crippen LogP contribution is -2.13. The number of hydrogen-bond donors (Lipinski definition) is 2. The number of nitrogens with zero attached hydrogens (tertiary/aromatic N) is 2. The van der Waals surface area contributed by atoms with Gasteiger partial charge in [-0.05, 0) is 41.1 Å². The summed E-state index contributed by atoms with van der Waals surface area (Å²) in [5, 5.41) is 9.04. The number of carbonyl (C=O) groups is 1. The maximum absolute atomic E-state index is 12.2. The van der Waals surface area contributed by atoms with Gasteiger partial charge in [0.1, 0.15) is 16.4 Å². The van der Waals surface area contributed by atoms with Crippen LogP contribution in [0, 0.1) is 0 Å². The topological polar surface area (TPSA) is 101 Å². The second-order valence-electron chi connectivity index (χ2n) is 4.12. The molecule has 7 nitrogen and oxygen atoms in total. The lowest BCUT2D eigenvalue weighted by atomic mass is 10.4. The van der Waals surface area contributed by atoms with Crippen molar-refractivity contribution in [3.8, 4) is 0 Å². The number of carboxylic acid groups (broad SMARTS) is 1. The van der Waals surface area contributed by atoms with E-state index < -0.39 is 16.0 Å². The van der Waals surface area contributed by atoms with Gasteiger partial charge in [0, 0.05) is 23.4 Å². The minimum absolute atomic E-state index is 0.0818. The predicted octanol–water partition coefficient (Wildman–Crippen LogP) is 2.16. The van der Waals surface area contributed by atoms with Crippen molar-refractivity contribution in [2.45, 2.75) is 18.4 Å². The summed E-state index contributed by atoms with van der Waals surface area (Å²) < 4.78 is 28.8. The van der Waals surface area contributed by atoms with E-state index >= 15 is 0 Å². The van der Waals surface area contributed by atoms with E-state index in [1.807, 2.05) is 0 Å². The monoisotopic (exact) mass is 373 g/mol. The van der Waals surface area contributed by atoms with Crippen LogP contribution in [0.2, 0.25) is 0 Å². The van der Waals surface area contributed by atoms with Crippen LogP contribution < -0.4 is 4.72 Å². The smallest absolute Gasteiger partial charge is 0.352 e. The fourth-order valence-corrected chi connectivity index (χ4v) is 2.99. The summed E-state index contributed by atoms with van der Waals surface area (Å²) in [5.41, 5.74) is -0.0818. The lowest BCUT2D eigenvalue weighted by Gasteiger charge is -2.05. The highest BCUT2D eigenvalue weighted by molar-refractivity contribution is 9.10. The Balaban J connectivity index is 2.35. The highest BCUT2D eigenvalue weighted by Gasteiger charge is 2.21. The van der Waals surface area contributed by atoms with E-state index in [1.54, 1.807) is 13.0 Å². The van der Waals surface area contributed by atoms with E-state index in [0.717, 1.165) is 10.5 Å². The molecule has 2 rings (SSSR count). The van der Waals surface area contributed by atoms with Gasteiger partial charge in [0.05, 0.1) is 0 Å². The van der Waals surface area contributed by atoms with Gasteiger partial charge < -0.3 is 9.67 Å². The number of halogens is 1. The fraction of sp³-hybridized carbons (Fsp3) is 0.167. The van der Waals surface area contributed by atoms with Crippen LogP contribution in [0.25, 0.3) is 0 Å². The normalized spacial score (nSPS) is 11.3. The predicted molar refractivity (Wildman–Crippen MR) is 79.8 cm³/mol. The number of aromatic nitrogens is 2. The second kappa shape index (κ2) is 5.86. The number of anilines is 1. The van der Waals surface area contributed by atoms with E-state index in [2.05, 4.69) is 25.6 Å². The van der Waals surface area contributed by atoms with Gasteiger partial charge in [0.15, 0.2) is 0 Å². The van der Waals surface area contributed by atoms with Crippen LogP contribution in [0.3, 0.4) is 0 Å². The van der Waals surface area contributed by atoms with Gasteiger partial charge in [0.25, 0.3) is 10.0 Å². The molecule has 2 aromatic rings. The van der Waals surface area contributed by atoms with Crippen molar-refractivity contribution in [2.24, 2.45) is 0 Å². The molecule has 0 unspecified atom stereocenters. The first-order valence-corrected chi connectivity index (χ1v) is 8.19. The number of aromatic carboxylic acids is 1. The lowest BCUT2D eigenvalue weighted by molar-refractivity contribution is 0.0685. The number of nitrogens with one attached hydrogen (secondary N) is 1. The molecular weight excluding hydrogens is 362 g/mol. The molecule has 0 bridgehead atoms. The molecule has 2 aromatic heterocycles. The standard InChI is InChI=1S/C12H12BrN3O4S/c1-2-16-7-9(5-10(16)12(17)18)21(19,20)15-11-4-3-8(13)6-14-11/h3-7H,2H2,1H3,(H,14,15)(H,17,18). The summed E-state index contributed by atoms with van der Waals surface area (Å²) in [6.07, 6.45) is 2.74. The largest absolute Gasteiger partial charge is 0.477 e. The van der Waals surface area contributed by atoms with Gasteiger partial charge >= 0.3 is 5.97 Å². The SMILES string of the molecule is CCn1cc(S(=O)(=O)Nc2ccc(Br)cn2)cc1C(=O)O. The molecule has 2 N–H and O–H groups in total. The Morgan fingerprint density at radius 1 is 1.48 bits per heavy atom. The Morgan fingerprint density at radius 2 is 2.19 bits per heavy atom. The van der Waals surface area contributed by atoms with E-state index in [9.17, 15) is 13.2 Å². The Bertz CT molecular complexity index is 768. The molecule has 0 aliphatic heterocycles. The zero-order valence-electron chi connectivity index (χ0n) is 10.9. The van der Waals surface area contributed by atoms with Gasteiger partial charge in [-0.1, -0.05) is 0 Å². The molecule has 0 spiro atoms. The molecule has 0 amide bonds. The van der Waals surface area contributed by atoms with E-state index in [4.69, 9.17) is 5.11 Å². The summed E-state index contributed by atoms with van der Waals surface area (Å²) in [7, 11) is -3.88. The fourth-order valence-electron chi connectivity index (χ4n) is 1.70. The van der Waals surface area contributed by atoms with Crippen LogP contribution in [0.5, 0.6) is 0 Å². The van der Waals surface area contributed by atoms with E-state index in [1.165, 1.54) is 23.0 Å². The molecule has 0 saturated carbocycles. The second-order valence-corrected chi connectivity index (χ2v) is 6.72. The van der Waals surface area contributed by atoms with Crippen LogP contribution in [0.1, 0.15) is 17.4 Å². The molecule has 0 aliphatic carbocycles. The molecule has 21 heavy (non-hydrogen) atoms. The molecule has 2 heterocycles. The Morgan fingerprint density at radius 3 is 2.67 bits per heavy atom. The van der Waals surface area contributed by atoms with Crippen molar-refractivity contribution >= 4 is 37.7 Å². The summed E-state index contributed by atoms with van der Waals surface area (Å²) in [6.45, 7) is 2.08. The highest BCUT2D eigenvalue weighted by atomic mass is 79.9. The van der Waals surface area contributed by atoms with Crippen molar-refractivity contribution in [1.29, 1.82) is 0 Å². The number of rotatable bonds is 5. The molecular formula is C12H12BrN3O4S. The summed E-state index contributed by atoms with van der Waals surface area (Å²) in [5.74, 6) is -1.03. The van der Waals surface area contributed by atoms with Crippen LogP contribution in [0.4, 0.5) is 5.82 Å². The summed E-state index contributed by atoms with van der Waals surface area (Å²) in [6, 6.07) is 4.26. The third kappa shape index (κ3) is 3.42. The molecule has 0 saturated heterocycles. The third-order valence-electron chi connectivity index (χ3n) is 2.71. The first-order valence-electron chi connectivity index (χ1n) is 5.91. The van der Waals surface area contributed by atoms with Gasteiger partial charge in [-0.3, -0.25) is 4.72 Å². The number of pyridine rings is 1. The average molecular weight is 374 g/mol. The Labute approximate surface area is 129 Å². The average Bonchev–Trinajstić information content (AvgIpc) is 2.86. The maximum atomic E-state index is 12.2. The van der Waals surface area contributed by atoms with Gasteiger partial charge in [0.2, 0.25) is 0 Å². The Hall–Kier alpha value is -1.87. The van der Waals surface area contributed by atoms with Crippen LogP contribution in [0.15, 0.2) is 40.0 Å². The Kier molecular flexibility index (Phi) is 4.33. The molecule has 0 atom stereocenters. The quantitative estimate of drug-likeness (QED) is 0.835. The minimum atomic E-state index is -3.88. The van der Waals surface area contributed by atoms with Crippen molar-refractivity contribution in [2.75, 3.05) is 4.72 Å². The van der Waals surface area contributed by atoms with Crippen molar-refractivity contribution in [1.82, 2.24) is 9.55 Å². The molecule has 0 aromatic carbocycles. The van der Waals surface area contributed by atoms with E-state index in [-0.39, 0.29) is 16.4 Å². The van der Waals surface area contributed by atoms with Crippen molar-refractivity contribution in [3.63, 3.8) is 0 Å². The number of aryl methyl sites for hydroxylation is 1. The first kappa shape index (κ1) is 15.5. The van der Waals surface area contributed by atoms with Crippen LogP contribution >= 0.6 is 15.9 Å². The van der Waals surface area contributed by atoms with Gasteiger partial charge in [-0.25, -0.2) is 18.2 Å². The molecule has 0 aliphatic rings. The first-order chi connectivity index (χ1) is 9.83. The summed E-state index contributed by atoms with van der Waals surface area (Å²) in [4.78, 5) is 14.9. The number of hydrogen-bond acceptors (Lipinski definition) is 4. The van der Waals surface area contributed by atoms with Gasteiger partial charge in [-0.2, -0.15) is 0 Å². The van der Waals surface area contributed by atoms with Crippen LogP contribution in [-0.2, 0) is 16.6 Å². The molecule has 9 heteroatoms. The minimum Gasteiger partial charge on any atom is -0.477 e. The third-order valence-corrected chi connectivity index (χ3v) is 4.50. The number of sulfonamides is 1. The molecule has 0 radical (unpaired) electrons. The van der Waals surface area contributed by atoms with Crippen molar-refractivity contribution < 1.29 is 18.3 Å². The molecule has 0 fully saturated rings. The van der Waals surface area contributed by atoms with Crippen molar-refractivity contribution in [3.05, 3.63) is 40.8 Å². The maximum Gasteiger partial charge on any atom is 0.352 e. The van der Waals surface area contributed by atoms with E-state index in [0.29, 0.717) is 6.54 Å². The van der Waals surface area contributed by atoms with Gasteiger partial charge in [-0.15, -0.1) is 0 Å². The zero-order chi connectivity index (χ0) is 15.6. The number of carboxylic acids is 1. The molecule has 112 valence electrons. The summed E-state index contributed by atoms with van der Waals surface area (Å²) >= 11 is 3.20. The van der Waals surface area contributed by atoms with Crippen LogP contribution in [-0.4, -0.2) is 29.0 Å².